The van der Waals surface area contributed by atoms with E-state index in [0.717, 1.165) is 17.9 Å². The highest BCUT2D eigenvalue weighted by molar-refractivity contribution is 5.82. The highest BCUT2D eigenvalue weighted by atomic mass is 16.5. The van der Waals surface area contributed by atoms with Crippen molar-refractivity contribution in [3.05, 3.63) is 24.3 Å². The number of carboxylic acid groups (broad SMARTS) is 1. The van der Waals surface area contributed by atoms with Crippen molar-refractivity contribution in [3.63, 3.8) is 0 Å². The lowest BCUT2D eigenvalue weighted by Gasteiger charge is -2.30. The zero-order valence-electron chi connectivity index (χ0n) is 11.2. The van der Waals surface area contributed by atoms with Gasteiger partial charge in [0.1, 0.15) is 11.3 Å². The van der Waals surface area contributed by atoms with E-state index in [4.69, 9.17) is 4.74 Å². The summed E-state index contributed by atoms with van der Waals surface area (Å²) in [5.74, 6) is -0.0452. The van der Waals surface area contributed by atoms with Gasteiger partial charge in [-0.1, -0.05) is 20.3 Å². The number of hydrogen-bond acceptors (Lipinski definition) is 3. The Bertz CT molecular complexity index is 389. The van der Waals surface area contributed by atoms with E-state index < -0.39 is 11.5 Å². The van der Waals surface area contributed by atoms with Gasteiger partial charge in [0, 0.05) is 5.69 Å². The number of ether oxygens (including phenoxy) is 1. The quantitative estimate of drug-likeness (QED) is 0.781. The summed E-state index contributed by atoms with van der Waals surface area (Å²) in [6, 6.07) is 7.30. The predicted octanol–water partition coefficient (Wildman–Crippen LogP) is 3.14. The molecular formula is C14H21NO3. The Hall–Kier alpha value is -1.71. The number of methoxy groups -OCH3 is 1. The van der Waals surface area contributed by atoms with Crippen LogP contribution in [0.25, 0.3) is 0 Å². The fourth-order valence-corrected chi connectivity index (χ4v) is 2.02. The largest absolute Gasteiger partial charge is 0.497 e. The molecule has 0 saturated heterocycles. The SMILES string of the molecule is CCCC(CC)(Nc1ccc(OC)cc1)C(=O)O. The molecule has 2 N–H and O–H groups in total. The van der Waals surface area contributed by atoms with E-state index >= 15 is 0 Å². The molecule has 0 saturated carbocycles. The van der Waals surface area contributed by atoms with Gasteiger partial charge in [0.2, 0.25) is 0 Å². The van der Waals surface area contributed by atoms with Crippen molar-refractivity contribution in [2.75, 3.05) is 12.4 Å². The molecule has 0 aromatic heterocycles. The maximum atomic E-state index is 11.5. The van der Waals surface area contributed by atoms with Gasteiger partial charge in [0.05, 0.1) is 7.11 Å². The fraction of sp³-hybridized carbons (Fsp3) is 0.500. The molecule has 4 nitrogen and oxygen atoms in total. The van der Waals surface area contributed by atoms with Crippen LogP contribution in [0.4, 0.5) is 5.69 Å². The van der Waals surface area contributed by atoms with Crippen LogP contribution < -0.4 is 10.1 Å². The van der Waals surface area contributed by atoms with Crippen LogP contribution in [0.5, 0.6) is 5.75 Å². The summed E-state index contributed by atoms with van der Waals surface area (Å²) < 4.78 is 5.08. The zero-order valence-corrected chi connectivity index (χ0v) is 11.2. The number of anilines is 1. The van der Waals surface area contributed by atoms with Gasteiger partial charge in [-0.3, -0.25) is 0 Å². The van der Waals surface area contributed by atoms with E-state index in [9.17, 15) is 9.90 Å². The second kappa shape index (κ2) is 6.28. The average Bonchev–Trinajstić information content (AvgIpc) is 2.38. The van der Waals surface area contributed by atoms with Gasteiger partial charge in [-0.15, -0.1) is 0 Å². The molecular weight excluding hydrogens is 230 g/mol. The Morgan fingerprint density at radius 3 is 2.33 bits per heavy atom. The summed E-state index contributed by atoms with van der Waals surface area (Å²) in [4.78, 5) is 11.5. The highest BCUT2D eigenvalue weighted by Crippen LogP contribution is 2.25. The normalized spacial score (nSPS) is 13.7. The lowest BCUT2D eigenvalue weighted by Crippen LogP contribution is -2.45. The molecule has 1 rings (SSSR count). The summed E-state index contributed by atoms with van der Waals surface area (Å²) in [5, 5.41) is 12.6. The first kappa shape index (κ1) is 14.4. The van der Waals surface area contributed by atoms with Crippen LogP contribution in [0.15, 0.2) is 24.3 Å². The first-order chi connectivity index (χ1) is 8.57. The molecule has 0 amide bonds. The number of hydrogen-bond donors (Lipinski definition) is 2. The summed E-state index contributed by atoms with van der Waals surface area (Å²) in [6.45, 7) is 3.88. The fourth-order valence-electron chi connectivity index (χ4n) is 2.02. The van der Waals surface area contributed by atoms with Crippen molar-refractivity contribution in [3.8, 4) is 5.75 Å². The molecule has 0 bridgehead atoms. The van der Waals surface area contributed by atoms with Gasteiger partial charge in [-0.05, 0) is 37.1 Å². The summed E-state index contributed by atoms with van der Waals surface area (Å²) >= 11 is 0. The van der Waals surface area contributed by atoms with Gasteiger partial charge in [-0.2, -0.15) is 0 Å². The smallest absolute Gasteiger partial charge is 0.329 e. The Kier molecular flexibility index (Phi) is 5.01. The molecule has 0 aliphatic rings. The maximum Gasteiger partial charge on any atom is 0.329 e. The van der Waals surface area contributed by atoms with E-state index in [1.165, 1.54) is 0 Å². The summed E-state index contributed by atoms with van der Waals surface area (Å²) in [5.41, 5.74) is -0.0860. The Morgan fingerprint density at radius 1 is 1.33 bits per heavy atom. The number of benzene rings is 1. The number of carboxylic acids is 1. The third kappa shape index (κ3) is 3.15. The number of nitrogens with one attached hydrogen (secondary N) is 1. The third-order valence-corrected chi connectivity index (χ3v) is 3.16. The van der Waals surface area contributed by atoms with Crippen molar-refractivity contribution in [1.82, 2.24) is 0 Å². The van der Waals surface area contributed by atoms with Crippen molar-refractivity contribution in [2.24, 2.45) is 0 Å². The van der Waals surface area contributed by atoms with Gasteiger partial charge in [0.15, 0.2) is 0 Å². The first-order valence-electron chi connectivity index (χ1n) is 6.23. The molecule has 0 spiro atoms. The second-order valence-electron chi connectivity index (χ2n) is 4.34. The van der Waals surface area contributed by atoms with E-state index in [1.807, 2.05) is 38.1 Å². The Morgan fingerprint density at radius 2 is 1.94 bits per heavy atom. The highest BCUT2D eigenvalue weighted by Gasteiger charge is 2.35. The van der Waals surface area contributed by atoms with Crippen molar-refractivity contribution in [1.29, 1.82) is 0 Å². The van der Waals surface area contributed by atoms with Crippen molar-refractivity contribution in [2.45, 2.75) is 38.6 Å². The monoisotopic (exact) mass is 251 g/mol. The van der Waals surface area contributed by atoms with Gasteiger partial charge >= 0.3 is 5.97 Å². The van der Waals surface area contributed by atoms with E-state index in [2.05, 4.69) is 5.32 Å². The molecule has 4 heteroatoms. The molecule has 0 heterocycles. The van der Waals surface area contributed by atoms with Gasteiger partial charge in [0.25, 0.3) is 0 Å². The van der Waals surface area contributed by atoms with Crippen LogP contribution in [0.2, 0.25) is 0 Å². The van der Waals surface area contributed by atoms with E-state index in [1.54, 1.807) is 7.11 Å². The van der Waals surface area contributed by atoms with Crippen LogP contribution in [-0.2, 0) is 4.79 Å². The number of carbonyl (C=O) groups is 1. The van der Waals surface area contributed by atoms with Gasteiger partial charge in [-0.25, -0.2) is 4.79 Å². The van der Waals surface area contributed by atoms with E-state index in [0.29, 0.717) is 12.8 Å². The van der Waals surface area contributed by atoms with Crippen LogP contribution in [0.1, 0.15) is 33.1 Å². The predicted molar refractivity (Wildman–Crippen MR) is 72.2 cm³/mol. The molecule has 1 atom stereocenters. The maximum absolute atomic E-state index is 11.5. The zero-order chi connectivity index (χ0) is 13.6. The number of aliphatic carboxylic acids is 1. The molecule has 0 fully saturated rings. The summed E-state index contributed by atoms with van der Waals surface area (Å²) in [7, 11) is 1.60. The first-order valence-corrected chi connectivity index (χ1v) is 6.23. The Balaban J connectivity index is 2.91. The summed E-state index contributed by atoms with van der Waals surface area (Å²) in [6.07, 6.45) is 1.97. The van der Waals surface area contributed by atoms with E-state index in [-0.39, 0.29) is 0 Å². The van der Waals surface area contributed by atoms with Crippen LogP contribution in [0, 0.1) is 0 Å². The van der Waals surface area contributed by atoms with Crippen molar-refractivity contribution >= 4 is 11.7 Å². The third-order valence-electron chi connectivity index (χ3n) is 3.16. The average molecular weight is 251 g/mol. The molecule has 0 radical (unpaired) electrons. The lowest BCUT2D eigenvalue weighted by molar-refractivity contribution is -0.142. The topological polar surface area (TPSA) is 58.6 Å². The van der Waals surface area contributed by atoms with Gasteiger partial charge < -0.3 is 15.2 Å². The minimum atomic E-state index is -0.886. The molecule has 1 aromatic carbocycles. The molecule has 1 aromatic rings. The van der Waals surface area contributed by atoms with Crippen LogP contribution in [-0.4, -0.2) is 23.7 Å². The molecule has 100 valence electrons. The standard InChI is InChI=1S/C14H21NO3/c1-4-10-14(5-2,13(16)17)15-11-6-8-12(18-3)9-7-11/h6-9,15H,4-5,10H2,1-3H3,(H,16,17). The lowest BCUT2D eigenvalue weighted by atomic mass is 9.90. The second-order valence-corrected chi connectivity index (χ2v) is 4.34. The molecule has 1 unspecified atom stereocenters. The number of rotatable bonds is 7. The Labute approximate surface area is 108 Å². The van der Waals surface area contributed by atoms with Crippen molar-refractivity contribution < 1.29 is 14.6 Å². The minimum absolute atomic E-state index is 0.544. The molecule has 0 aliphatic carbocycles. The molecule has 18 heavy (non-hydrogen) atoms. The minimum Gasteiger partial charge on any atom is -0.497 e. The van der Waals surface area contributed by atoms with Crippen LogP contribution >= 0.6 is 0 Å². The molecule has 0 aliphatic heterocycles. The van der Waals surface area contributed by atoms with Crippen LogP contribution in [0.3, 0.4) is 0 Å².